The summed E-state index contributed by atoms with van der Waals surface area (Å²) in [6.45, 7) is 11.3. The second-order valence-corrected chi connectivity index (χ2v) is 7.73. The van der Waals surface area contributed by atoms with Gasteiger partial charge in [0.15, 0.2) is 0 Å². The van der Waals surface area contributed by atoms with E-state index in [9.17, 15) is 14.7 Å². The fourth-order valence-corrected chi connectivity index (χ4v) is 2.19. The standard InChI is InChI=1S/2C8H16N2.2C3H6O3.CH4.ClH.Na/c2*1-3-4-5-10-7-6-9(2)8-10;2*1-2(4)3(5)6;;;/h2*6-7H,3-5,8H2,1-2H3;2*2,4H,1H3,(H,5,6);1H4;1H;/q;;;;;;+1/p-2/t;;2*2-;;;/m..00.../s1. The molecule has 0 amide bonds. The molecule has 0 saturated carbocycles. The first-order valence-electron chi connectivity index (χ1n) is 11.0. The molecule has 0 saturated heterocycles. The van der Waals surface area contributed by atoms with Crippen molar-refractivity contribution in [2.75, 3.05) is 40.5 Å². The second-order valence-electron chi connectivity index (χ2n) is 7.73. The smallest absolute Gasteiger partial charge is 1.00 e. The van der Waals surface area contributed by atoms with Crippen LogP contribution in [-0.4, -0.2) is 99.6 Å². The molecular weight excluding hydrogens is 487 g/mol. The average molecular weight is 534 g/mol. The van der Waals surface area contributed by atoms with E-state index in [0.29, 0.717) is 0 Å². The molecule has 0 aromatic rings. The molecule has 0 aromatic carbocycles. The number of nitrogens with zero attached hydrogens (tertiary/aromatic N) is 4. The number of aliphatic hydroxyl groups is 2. The second kappa shape index (κ2) is 27.4. The van der Waals surface area contributed by atoms with Gasteiger partial charge in [0.25, 0.3) is 0 Å². The van der Waals surface area contributed by atoms with Gasteiger partial charge in [0.2, 0.25) is 0 Å². The van der Waals surface area contributed by atoms with Crippen LogP contribution in [0.5, 0.6) is 0 Å². The molecular formula is C23H47ClN4NaO6-. The van der Waals surface area contributed by atoms with Crippen molar-refractivity contribution in [2.45, 2.75) is 73.0 Å². The molecule has 3 N–H and O–H groups in total. The molecule has 2 heterocycles. The van der Waals surface area contributed by atoms with Crippen molar-refractivity contribution >= 4 is 11.9 Å². The average Bonchev–Trinajstić information content (AvgIpc) is 3.33. The zero-order chi connectivity index (χ0) is 25.1. The van der Waals surface area contributed by atoms with Crippen molar-refractivity contribution in [1.29, 1.82) is 0 Å². The Balaban J connectivity index is -0.000000114. The summed E-state index contributed by atoms with van der Waals surface area (Å²) >= 11 is 0. The van der Waals surface area contributed by atoms with E-state index in [1.807, 2.05) is 0 Å². The molecule has 2 atom stereocenters. The van der Waals surface area contributed by atoms with Crippen LogP contribution in [0.4, 0.5) is 0 Å². The molecule has 0 bridgehead atoms. The molecule has 0 spiro atoms. The molecule has 204 valence electrons. The molecule has 0 fully saturated rings. The molecule has 35 heavy (non-hydrogen) atoms. The molecule has 0 radical (unpaired) electrons. The number of carboxylic acids is 2. The van der Waals surface area contributed by atoms with Gasteiger partial charge in [-0.1, -0.05) is 34.1 Å². The number of carboxylic acid groups (broad SMARTS) is 2. The molecule has 0 unspecified atom stereocenters. The van der Waals surface area contributed by atoms with Crippen LogP contribution in [0.2, 0.25) is 0 Å². The van der Waals surface area contributed by atoms with Crippen LogP contribution in [0.25, 0.3) is 0 Å². The maximum atomic E-state index is 9.45. The zero-order valence-electron chi connectivity index (χ0n) is 21.9. The molecule has 0 aliphatic carbocycles. The quantitative estimate of drug-likeness (QED) is 0.261. The van der Waals surface area contributed by atoms with Crippen molar-refractivity contribution in [3.05, 3.63) is 24.8 Å². The van der Waals surface area contributed by atoms with Gasteiger partial charge < -0.3 is 57.2 Å². The van der Waals surface area contributed by atoms with E-state index in [1.54, 1.807) is 0 Å². The molecule has 2 aliphatic rings. The van der Waals surface area contributed by atoms with Crippen molar-refractivity contribution in [1.82, 2.24) is 19.6 Å². The molecule has 0 aromatic heterocycles. The molecule has 2 aliphatic heterocycles. The topological polar surface area (TPSA) is 131 Å². The molecule has 12 heteroatoms. The number of unbranched alkanes of at least 4 members (excludes halogenated alkanes) is 2. The van der Waals surface area contributed by atoms with E-state index in [1.165, 1.54) is 45.7 Å². The van der Waals surface area contributed by atoms with E-state index < -0.39 is 24.1 Å². The monoisotopic (exact) mass is 533 g/mol. The Hall–Kier alpha value is -1.17. The van der Waals surface area contributed by atoms with Crippen LogP contribution in [0.3, 0.4) is 0 Å². The Kier molecular flexibility index (Phi) is 34.4. The van der Waals surface area contributed by atoms with Crippen molar-refractivity contribution < 1.29 is 72.0 Å². The number of aliphatic carboxylic acids is 2. The van der Waals surface area contributed by atoms with E-state index in [0.717, 1.165) is 20.3 Å². The van der Waals surface area contributed by atoms with E-state index >= 15 is 0 Å². The number of carbonyl (C=O) groups excluding carboxylic acids is 1. The first-order chi connectivity index (χ1) is 14.9. The van der Waals surface area contributed by atoms with Crippen molar-refractivity contribution in [3.8, 4) is 0 Å². The maximum Gasteiger partial charge on any atom is 1.00 e. The number of aliphatic hydroxyl groups excluding tert-OH is 2. The van der Waals surface area contributed by atoms with Gasteiger partial charge in [0.1, 0.15) is 6.10 Å². The zero-order valence-corrected chi connectivity index (χ0v) is 24.6. The van der Waals surface area contributed by atoms with Gasteiger partial charge in [0, 0.05) is 52.0 Å². The summed E-state index contributed by atoms with van der Waals surface area (Å²) in [7, 11) is 4.20. The van der Waals surface area contributed by atoms with E-state index in [-0.39, 0.29) is 49.4 Å². The first-order valence-corrected chi connectivity index (χ1v) is 11.0. The number of hydrogen-bond donors (Lipinski definition) is 3. The Morgan fingerprint density at radius 1 is 0.857 bits per heavy atom. The number of carbonyl (C=O) groups is 2. The van der Waals surface area contributed by atoms with Gasteiger partial charge in [0.05, 0.1) is 25.4 Å². The van der Waals surface area contributed by atoms with Gasteiger partial charge in [-0.15, -0.1) is 0 Å². The van der Waals surface area contributed by atoms with Crippen molar-refractivity contribution in [2.24, 2.45) is 0 Å². The van der Waals surface area contributed by atoms with E-state index in [2.05, 4.69) is 72.3 Å². The summed E-state index contributed by atoms with van der Waals surface area (Å²) in [5.74, 6) is -2.62. The summed E-state index contributed by atoms with van der Waals surface area (Å²) in [6.07, 6.45) is 11.2. The number of rotatable bonds is 8. The number of hydrogen-bond acceptors (Lipinski definition) is 9. The van der Waals surface area contributed by atoms with E-state index in [4.69, 9.17) is 15.3 Å². The predicted octanol–water partition coefficient (Wildman–Crippen LogP) is -4.86. The molecule has 2 rings (SSSR count). The maximum absolute atomic E-state index is 9.45. The van der Waals surface area contributed by atoms with Gasteiger partial charge in [-0.05, 0) is 26.7 Å². The third kappa shape index (κ3) is 29.0. The normalized spacial score (nSPS) is 14.4. The summed E-state index contributed by atoms with van der Waals surface area (Å²) < 4.78 is 0. The van der Waals surface area contributed by atoms with Gasteiger partial charge >= 0.3 is 35.5 Å². The summed E-state index contributed by atoms with van der Waals surface area (Å²) in [5, 5.41) is 33.1. The Morgan fingerprint density at radius 2 is 1.14 bits per heavy atom. The van der Waals surface area contributed by atoms with Crippen molar-refractivity contribution in [3.63, 3.8) is 0 Å². The minimum atomic E-state index is -1.44. The van der Waals surface area contributed by atoms with Gasteiger partial charge in [-0.2, -0.15) is 0 Å². The van der Waals surface area contributed by atoms with Gasteiger partial charge in [-0.3, -0.25) is 0 Å². The summed E-state index contributed by atoms with van der Waals surface area (Å²) in [6, 6.07) is 0. The fourth-order valence-electron chi connectivity index (χ4n) is 2.19. The fraction of sp³-hybridized carbons (Fsp3) is 0.739. The summed E-state index contributed by atoms with van der Waals surface area (Å²) in [5.41, 5.74) is 0. The van der Waals surface area contributed by atoms with Crippen LogP contribution in [0.15, 0.2) is 24.8 Å². The molecule has 10 nitrogen and oxygen atoms in total. The minimum absolute atomic E-state index is 0. The predicted molar refractivity (Wildman–Crippen MR) is 130 cm³/mol. The van der Waals surface area contributed by atoms with Crippen LogP contribution in [0.1, 0.15) is 60.8 Å². The Bertz CT molecular complexity index is 520. The van der Waals surface area contributed by atoms with Crippen LogP contribution < -0.4 is 47.1 Å². The summed E-state index contributed by atoms with van der Waals surface area (Å²) in [4.78, 5) is 27.8. The third-order valence-corrected chi connectivity index (χ3v) is 4.17. The van der Waals surface area contributed by atoms with Crippen LogP contribution in [0, 0.1) is 0 Å². The van der Waals surface area contributed by atoms with Crippen LogP contribution in [-0.2, 0) is 9.59 Å². The largest absolute Gasteiger partial charge is 1.00 e. The number of halogens is 1. The van der Waals surface area contributed by atoms with Crippen LogP contribution >= 0.6 is 0 Å². The Morgan fingerprint density at radius 3 is 1.29 bits per heavy atom. The first kappa shape index (κ1) is 43.9. The SMILES string of the molecule is C.CCCCN1C=CN(C)C1.CCCCN1C=CN(C)C1.C[C@H](O)C(=O)O.C[C@H](O)C(=O)[O-].[Cl-].[Na+]. The van der Waals surface area contributed by atoms with Gasteiger partial charge in [-0.25, -0.2) is 4.79 Å². The Labute approximate surface area is 241 Å². The third-order valence-electron chi connectivity index (χ3n) is 4.17. The minimum Gasteiger partial charge on any atom is -1.00 e.